The third-order valence-corrected chi connectivity index (χ3v) is 6.57. The first-order valence-corrected chi connectivity index (χ1v) is 11.2. The van der Waals surface area contributed by atoms with E-state index < -0.39 is 40.4 Å². The Labute approximate surface area is 192 Å². The lowest BCUT2D eigenvalue weighted by atomic mass is 10.2. The maximum absolute atomic E-state index is 12.5. The van der Waals surface area contributed by atoms with Crippen molar-refractivity contribution < 1.29 is 45.0 Å². The number of carbonyl (C=O) groups is 1. The lowest BCUT2D eigenvalue weighted by Crippen LogP contribution is -2.56. The highest BCUT2D eigenvalue weighted by molar-refractivity contribution is 7.89. The smallest absolute Gasteiger partial charge is 0.416 e. The monoisotopic (exact) mass is 511 g/mol. The van der Waals surface area contributed by atoms with Crippen LogP contribution < -0.4 is 15.8 Å². The molecule has 2 aromatic rings. The molecule has 0 saturated carbocycles. The number of sulfonamides is 1. The molecule has 1 saturated heterocycles. The summed E-state index contributed by atoms with van der Waals surface area (Å²) in [6.45, 7) is -2.23. The molecule has 14 heteroatoms. The van der Waals surface area contributed by atoms with E-state index >= 15 is 0 Å². The molecule has 1 atom stereocenters. The van der Waals surface area contributed by atoms with Crippen LogP contribution in [0.5, 0.6) is 5.75 Å². The molecular formula is C20H22F5N3O5S. The van der Waals surface area contributed by atoms with Crippen LogP contribution in [0.15, 0.2) is 53.4 Å². The van der Waals surface area contributed by atoms with Gasteiger partial charge in [-0.05, 0) is 42.0 Å². The van der Waals surface area contributed by atoms with Crippen LogP contribution in [-0.4, -0.2) is 56.1 Å². The van der Waals surface area contributed by atoms with Gasteiger partial charge < -0.3 is 20.9 Å². The number of ether oxygens (including phenoxy) is 1. The Morgan fingerprint density at radius 1 is 1.15 bits per heavy atom. The maximum atomic E-state index is 12.5. The summed E-state index contributed by atoms with van der Waals surface area (Å²) in [7, 11) is -4.17. The molecule has 8 nitrogen and oxygen atoms in total. The Morgan fingerprint density at radius 2 is 1.74 bits per heavy atom. The molecule has 188 valence electrons. The Kier molecular flexibility index (Phi) is 9.32. The van der Waals surface area contributed by atoms with Crippen LogP contribution in [0, 0.1) is 0 Å². The van der Waals surface area contributed by atoms with Crippen molar-refractivity contribution in [2.45, 2.75) is 30.3 Å². The molecule has 1 unspecified atom stereocenters. The standard InChI is InChI=1S/C12H13F3N2O4S.C8H9F2NO/c13-12(14,15)8-1-3-9(4-2-8)22(20,21)17-6-5-16-7-10(17)11(18)19;9-8(10)12-7-3-1-6(5-11)2-4-7/h1-4,10,16H,5-7H2,(H,18,19);1-4,8H,5,11H2. The van der Waals surface area contributed by atoms with E-state index in [0.717, 1.165) is 22.0 Å². The molecular weight excluding hydrogens is 489 g/mol. The summed E-state index contributed by atoms with van der Waals surface area (Å²) in [6.07, 6.45) is -4.57. The molecule has 0 spiro atoms. The number of carboxylic acid groups (broad SMARTS) is 1. The highest BCUT2D eigenvalue weighted by Gasteiger charge is 2.38. The zero-order valence-corrected chi connectivity index (χ0v) is 18.3. The minimum absolute atomic E-state index is 0.0603. The van der Waals surface area contributed by atoms with Crippen LogP contribution in [-0.2, 0) is 27.5 Å². The zero-order valence-electron chi connectivity index (χ0n) is 17.5. The van der Waals surface area contributed by atoms with Crippen molar-refractivity contribution in [2.24, 2.45) is 5.73 Å². The number of piperazine rings is 1. The number of halogens is 5. The molecule has 0 aliphatic carbocycles. The molecule has 1 aliphatic rings. The van der Waals surface area contributed by atoms with E-state index in [1.807, 2.05) is 0 Å². The molecule has 0 amide bonds. The number of carboxylic acids is 1. The third-order valence-electron chi connectivity index (χ3n) is 4.65. The largest absolute Gasteiger partial charge is 0.480 e. The average molecular weight is 511 g/mol. The number of hydrogen-bond acceptors (Lipinski definition) is 6. The number of nitrogens with zero attached hydrogens (tertiary/aromatic N) is 1. The number of alkyl halides is 5. The summed E-state index contributed by atoms with van der Waals surface area (Å²) in [5.74, 6) is -1.16. The van der Waals surface area contributed by atoms with Gasteiger partial charge in [0, 0.05) is 26.2 Å². The first-order valence-electron chi connectivity index (χ1n) is 9.72. The fourth-order valence-electron chi connectivity index (χ4n) is 2.94. The van der Waals surface area contributed by atoms with Crippen molar-refractivity contribution in [1.29, 1.82) is 0 Å². The van der Waals surface area contributed by atoms with Gasteiger partial charge in [-0.25, -0.2) is 8.42 Å². The van der Waals surface area contributed by atoms with E-state index in [-0.39, 0.29) is 30.3 Å². The van der Waals surface area contributed by atoms with E-state index in [0.29, 0.717) is 18.7 Å². The molecule has 0 aromatic heterocycles. The van der Waals surface area contributed by atoms with Crippen LogP contribution in [0.1, 0.15) is 11.1 Å². The van der Waals surface area contributed by atoms with E-state index in [1.165, 1.54) is 12.1 Å². The summed E-state index contributed by atoms with van der Waals surface area (Å²) < 4.78 is 90.5. The van der Waals surface area contributed by atoms with Gasteiger partial charge in [0.1, 0.15) is 11.8 Å². The lowest BCUT2D eigenvalue weighted by molar-refractivity contribution is -0.142. The summed E-state index contributed by atoms with van der Waals surface area (Å²) in [6, 6.07) is 7.92. The Hall–Kier alpha value is -2.81. The molecule has 4 N–H and O–H groups in total. The van der Waals surface area contributed by atoms with Crippen molar-refractivity contribution in [2.75, 3.05) is 19.6 Å². The van der Waals surface area contributed by atoms with Gasteiger partial charge in [0.25, 0.3) is 0 Å². The summed E-state index contributed by atoms with van der Waals surface area (Å²) in [4.78, 5) is 10.8. The van der Waals surface area contributed by atoms with Gasteiger partial charge in [-0.3, -0.25) is 4.79 Å². The van der Waals surface area contributed by atoms with Crippen LogP contribution in [0.25, 0.3) is 0 Å². The van der Waals surface area contributed by atoms with Gasteiger partial charge in [0.05, 0.1) is 10.5 Å². The third kappa shape index (κ3) is 7.35. The van der Waals surface area contributed by atoms with Crippen LogP contribution in [0.3, 0.4) is 0 Å². The van der Waals surface area contributed by atoms with Crippen molar-refractivity contribution in [1.82, 2.24) is 9.62 Å². The predicted molar refractivity (Wildman–Crippen MR) is 111 cm³/mol. The Balaban J connectivity index is 0.000000287. The Bertz CT molecular complexity index is 1050. The van der Waals surface area contributed by atoms with Crippen LogP contribution in [0.2, 0.25) is 0 Å². The highest BCUT2D eigenvalue weighted by atomic mass is 32.2. The number of nitrogens with one attached hydrogen (secondary N) is 1. The molecule has 2 aromatic carbocycles. The van der Waals surface area contributed by atoms with Crippen molar-refractivity contribution >= 4 is 16.0 Å². The van der Waals surface area contributed by atoms with Crippen molar-refractivity contribution in [3.05, 3.63) is 59.7 Å². The number of hydrogen-bond donors (Lipinski definition) is 3. The molecule has 1 heterocycles. The first kappa shape index (κ1) is 27.4. The molecule has 34 heavy (non-hydrogen) atoms. The molecule has 1 aliphatic heterocycles. The summed E-state index contributed by atoms with van der Waals surface area (Å²) in [5, 5.41) is 11.8. The number of aliphatic carboxylic acids is 1. The van der Waals surface area contributed by atoms with E-state index in [1.54, 1.807) is 12.1 Å². The normalized spacial score (nSPS) is 17.1. The maximum Gasteiger partial charge on any atom is 0.416 e. The second-order valence-electron chi connectivity index (χ2n) is 6.92. The lowest BCUT2D eigenvalue weighted by Gasteiger charge is -2.32. The van der Waals surface area contributed by atoms with Crippen molar-refractivity contribution in [3.8, 4) is 5.75 Å². The minimum Gasteiger partial charge on any atom is -0.480 e. The van der Waals surface area contributed by atoms with E-state index in [9.17, 15) is 35.2 Å². The predicted octanol–water partition coefficient (Wildman–Crippen LogP) is 2.50. The average Bonchev–Trinajstić information content (AvgIpc) is 2.79. The molecule has 0 bridgehead atoms. The van der Waals surface area contributed by atoms with E-state index in [2.05, 4.69) is 10.1 Å². The SMILES string of the molecule is NCc1ccc(OC(F)F)cc1.O=C(O)C1CNCCN1S(=O)(=O)c1ccc(C(F)(F)F)cc1. The molecule has 1 fully saturated rings. The summed E-state index contributed by atoms with van der Waals surface area (Å²) >= 11 is 0. The topological polar surface area (TPSA) is 122 Å². The number of benzene rings is 2. The highest BCUT2D eigenvalue weighted by Crippen LogP contribution is 2.30. The Morgan fingerprint density at radius 3 is 2.21 bits per heavy atom. The van der Waals surface area contributed by atoms with Gasteiger partial charge >= 0.3 is 18.8 Å². The molecule has 3 rings (SSSR count). The number of nitrogens with two attached hydrogens (primary N) is 1. The quantitative estimate of drug-likeness (QED) is 0.510. The van der Waals surface area contributed by atoms with Crippen LogP contribution >= 0.6 is 0 Å². The van der Waals surface area contributed by atoms with Gasteiger partial charge in [-0.1, -0.05) is 12.1 Å². The van der Waals surface area contributed by atoms with Crippen molar-refractivity contribution in [3.63, 3.8) is 0 Å². The minimum atomic E-state index is -4.57. The van der Waals surface area contributed by atoms with Gasteiger partial charge in [-0.15, -0.1) is 0 Å². The fourth-order valence-corrected chi connectivity index (χ4v) is 4.52. The zero-order chi connectivity index (χ0) is 25.5. The second-order valence-corrected chi connectivity index (χ2v) is 8.81. The van der Waals surface area contributed by atoms with Gasteiger partial charge in [-0.2, -0.15) is 26.3 Å². The fraction of sp³-hybridized carbons (Fsp3) is 0.350. The van der Waals surface area contributed by atoms with E-state index in [4.69, 9.17) is 10.8 Å². The van der Waals surface area contributed by atoms with Gasteiger partial charge in [0.15, 0.2) is 0 Å². The molecule has 0 radical (unpaired) electrons. The summed E-state index contributed by atoms with van der Waals surface area (Å²) in [5.41, 5.74) is 5.23. The first-order chi connectivity index (χ1) is 15.9. The number of rotatable bonds is 6. The van der Waals surface area contributed by atoms with Crippen LogP contribution in [0.4, 0.5) is 22.0 Å². The second kappa shape index (κ2) is 11.6. The van der Waals surface area contributed by atoms with Gasteiger partial charge in [0.2, 0.25) is 10.0 Å².